The molecule has 3 N–H and O–H groups in total. The summed E-state index contributed by atoms with van der Waals surface area (Å²) in [6.45, 7) is 0.297. The summed E-state index contributed by atoms with van der Waals surface area (Å²) in [5.41, 5.74) is 6.45. The minimum absolute atomic E-state index is 0.177. The number of aromatic nitrogens is 3. The molecule has 8 heteroatoms. The number of hydrogen-bond donors (Lipinski definition) is 2. The highest BCUT2D eigenvalue weighted by molar-refractivity contribution is 7.99. The summed E-state index contributed by atoms with van der Waals surface area (Å²) in [6.07, 6.45) is 0. The number of nitrogens with one attached hydrogen (secondary N) is 1. The fraction of sp³-hybridized carbons (Fsp3) is 0.231. The van der Waals surface area contributed by atoms with E-state index in [1.165, 1.54) is 11.8 Å². The number of nitrogens with two attached hydrogens (primary N) is 1. The third-order valence-corrected chi connectivity index (χ3v) is 3.78. The van der Waals surface area contributed by atoms with Gasteiger partial charge in [-0.15, -0.1) is 10.2 Å². The van der Waals surface area contributed by atoms with Crippen molar-refractivity contribution in [2.75, 3.05) is 11.1 Å². The van der Waals surface area contributed by atoms with Crippen LogP contribution in [0, 0.1) is 11.3 Å². The number of amides is 1. The molecule has 0 fully saturated rings. The lowest BCUT2D eigenvalue weighted by Gasteiger charge is -2.06. The topological polar surface area (TPSA) is 110 Å². The van der Waals surface area contributed by atoms with Crippen molar-refractivity contribution in [3.05, 3.63) is 35.7 Å². The predicted molar refractivity (Wildman–Crippen MR) is 79.4 cm³/mol. The molecular weight excluding hydrogens is 288 g/mol. The van der Waals surface area contributed by atoms with E-state index >= 15 is 0 Å². The molecule has 0 unspecified atom stereocenters. The molecule has 0 aliphatic rings. The number of nitrogens with zero attached hydrogens (tertiary/aromatic N) is 4. The van der Waals surface area contributed by atoms with Gasteiger partial charge in [0.2, 0.25) is 5.91 Å². The smallest absolute Gasteiger partial charge is 0.234 e. The van der Waals surface area contributed by atoms with Crippen LogP contribution in [0.25, 0.3) is 0 Å². The predicted octanol–water partition coefficient (Wildman–Crippen LogP) is 0.876. The zero-order valence-electron chi connectivity index (χ0n) is 11.4. The normalized spacial score (nSPS) is 10.1. The molecule has 0 radical (unpaired) electrons. The van der Waals surface area contributed by atoms with E-state index in [2.05, 4.69) is 15.5 Å². The van der Waals surface area contributed by atoms with E-state index < -0.39 is 0 Å². The van der Waals surface area contributed by atoms with Crippen LogP contribution in [0.2, 0.25) is 0 Å². The highest BCUT2D eigenvalue weighted by Crippen LogP contribution is 2.17. The van der Waals surface area contributed by atoms with E-state index in [4.69, 9.17) is 11.0 Å². The van der Waals surface area contributed by atoms with Crippen LogP contribution in [0.1, 0.15) is 11.4 Å². The largest absolute Gasteiger partial charge is 0.324 e. The first kappa shape index (κ1) is 15.0. The SMILES string of the molecule is Cn1c(CN)nnc1SCC(=O)Nc1ccccc1C#N. The van der Waals surface area contributed by atoms with Gasteiger partial charge in [0.15, 0.2) is 5.16 Å². The van der Waals surface area contributed by atoms with Gasteiger partial charge >= 0.3 is 0 Å². The van der Waals surface area contributed by atoms with Gasteiger partial charge in [-0.25, -0.2) is 0 Å². The molecular formula is C13H14N6OS. The molecule has 1 aromatic carbocycles. The first-order chi connectivity index (χ1) is 10.2. The Labute approximate surface area is 126 Å². The van der Waals surface area contributed by atoms with Crippen molar-refractivity contribution in [3.63, 3.8) is 0 Å². The van der Waals surface area contributed by atoms with E-state index in [9.17, 15) is 4.79 Å². The highest BCUT2D eigenvalue weighted by atomic mass is 32.2. The summed E-state index contributed by atoms with van der Waals surface area (Å²) >= 11 is 1.26. The zero-order valence-corrected chi connectivity index (χ0v) is 12.2. The summed E-state index contributed by atoms with van der Waals surface area (Å²) in [5.74, 6) is 0.628. The molecule has 1 aromatic heterocycles. The Balaban J connectivity index is 1.96. The standard InChI is InChI=1S/C13H14N6OS/c1-19-11(7-15)17-18-13(19)21-8-12(20)16-10-5-3-2-4-9(10)6-14/h2-5H,7-8,15H2,1H3,(H,16,20). The molecule has 7 nitrogen and oxygen atoms in total. The quantitative estimate of drug-likeness (QED) is 0.793. The molecule has 2 rings (SSSR count). The fourth-order valence-corrected chi connectivity index (χ4v) is 2.38. The Hall–Kier alpha value is -2.37. The lowest BCUT2D eigenvalue weighted by Crippen LogP contribution is -2.15. The summed E-state index contributed by atoms with van der Waals surface area (Å²) in [5, 5.41) is 20.2. The van der Waals surface area contributed by atoms with Gasteiger partial charge in [-0.05, 0) is 12.1 Å². The molecule has 1 amide bonds. The number of nitriles is 1. The molecule has 2 aromatic rings. The van der Waals surface area contributed by atoms with Crippen LogP contribution < -0.4 is 11.1 Å². The van der Waals surface area contributed by atoms with Crippen molar-refractivity contribution in [3.8, 4) is 6.07 Å². The molecule has 0 aliphatic carbocycles. The lowest BCUT2D eigenvalue weighted by atomic mass is 10.2. The maximum atomic E-state index is 11.9. The average Bonchev–Trinajstić information content (AvgIpc) is 2.86. The number of benzene rings is 1. The minimum atomic E-state index is -0.208. The van der Waals surface area contributed by atoms with Gasteiger partial charge in [0, 0.05) is 7.05 Å². The third kappa shape index (κ3) is 3.59. The van der Waals surface area contributed by atoms with Crippen molar-refractivity contribution in [1.29, 1.82) is 5.26 Å². The summed E-state index contributed by atoms with van der Waals surface area (Å²) < 4.78 is 1.75. The second-order valence-electron chi connectivity index (χ2n) is 4.16. The molecule has 0 saturated heterocycles. The molecule has 0 spiro atoms. The number of thioether (sulfide) groups is 1. The van der Waals surface area contributed by atoms with Gasteiger partial charge in [-0.3, -0.25) is 4.79 Å². The molecule has 21 heavy (non-hydrogen) atoms. The van der Waals surface area contributed by atoms with Crippen molar-refractivity contribution in [2.45, 2.75) is 11.7 Å². The van der Waals surface area contributed by atoms with Gasteiger partial charge in [-0.2, -0.15) is 5.26 Å². The van der Waals surface area contributed by atoms with Gasteiger partial charge in [-0.1, -0.05) is 23.9 Å². The van der Waals surface area contributed by atoms with Crippen LogP contribution in [0.3, 0.4) is 0 Å². The van der Waals surface area contributed by atoms with Crippen molar-refractivity contribution in [1.82, 2.24) is 14.8 Å². The fourth-order valence-electron chi connectivity index (χ4n) is 1.65. The van der Waals surface area contributed by atoms with Gasteiger partial charge in [0.1, 0.15) is 11.9 Å². The Morgan fingerprint density at radius 3 is 2.90 bits per heavy atom. The van der Waals surface area contributed by atoms with E-state index in [-0.39, 0.29) is 11.7 Å². The van der Waals surface area contributed by atoms with Crippen LogP contribution in [-0.2, 0) is 18.4 Å². The molecule has 0 saturated carbocycles. The number of para-hydroxylation sites is 1. The van der Waals surface area contributed by atoms with E-state index in [0.29, 0.717) is 28.8 Å². The second kappa shape index (κ2) is 6.88. The van der Waals surface area contributed by atoms with E-state index in [1.807, 2.05) is 6.07 Å². The monoisotopic (exact) mass is 302 g/mol. The van der Waals surface area contributed by atoms with Crippen LogP contribution in [0.4, 0.5) is 5.69 Å². The number of carbonyl (C=O) groups is 1. The molecule has 0 bridgehead atoms. The van der Waals surface area contributed by atoms with Crippen LogP contribution in [0.5, 0.6) is 0 Å². The molecule has 1 heterocycles. The molecule has 0 aliphatic heterocycles. The van der Waals surface area contributed by atoms with Gasteiger partial charge in [0.05, 0.1) is 23.5 Å². The Kier molecular flexibility index (Phi) is 4.92. The number of carbonyl (C=O) groups excluding carboxylic acids is 1. The van der Waals surface area contributed by atoms with E-state index in [0.717, 1.165) is 0 Å². The Morgan fingerprint density at radius 1 is 1.48 bits per heavy atom. The first-order valence-corrected chi connectivity index (χ1v) is 7.14. The lowest BCUT2D eigenvalue weighted by molar-refractivity contribution is -0.113. The summed E-state index contributed by atoms with van der Waals surface area (Å²) in [6, 6.07) is 8.89. The Morgan fingerprint density at radius 2 is 2.24 bits per heavy atom. The number of rotatable bonds is 5. The van der Waals surface area contributed by atoms with Crippen LogP contribution in [-0.4, -0.2) is 26.4 Å². The number of anilines is 1. The average molecular weight is 302 g/mol. The van der Waals surface area contributed by atoms with Crippen molar-refractivity contribution >= 4 is 23.4 Å². The van der Waals surface area contributed by atoms with Crippen molar-refractivity contribution < 1.29 is 4.79 Å². The third-order valence-electron chi connectivity index (χ3n) is 2.76. The van der Waals surface area contributed by atoms with E-state index in [1.54, 1.807) is 35.9 Å². The molecule has 0 atom stereocenters. The maximum Gasteiger partial charge on any atom is 0.234 e. The van der Waals surface area contributed by atoms with Crippen molar-refractivity contribution in [2.24, 2.45) is 12.8 Å². The second-order valence-corrected chi connectivity index (χ2v) is 5.10. The Bertz CT molecular complexity index is 690. The molecule has 108 valence electrons. The van der Waals surface area contributed by atoms with Gasteiger partial charge in [0.25, 0.3) is 0 Å². The zero-order chi connectivity index (χ0) is 15.2. The summed E-state index contributed by atoms with van der Waals surface area (Å²) in [4.78, 5) is 11.9. The highest BCUT2D eigenvalue weighted by Gasteiger charge is 2.11. The minimum Gasteiger partial charge on any atom is -0.324 e. The summed E-state index contributed by atoms with van der Waals surface area (Å²) in [7, 11) is 1.80. The van der Waals surface area contributed by atoms with Crippen LogP contribution >= 0.6 is 11.8 Å². The van der Waals surface area contributed by atoms with Gasteiger partial charge < -0.3 is 15.6 Å². The number of hydrogen-bond acceptors (Lipinski definition) is 6. The maximum absolute atomic E-state index is 11.9. The van der Waals surface area contributed by atoms with Crippen LogP contribution in [0.15, 0.2) is 29.4 Å². The first-order valence-electron chi connectivity index (χ1n) is 6.15.